The summed E-state index contributed by atoms with van der Waals surface area (Å²) in [6.07, 6.45) is 1.89. The number of carbonyl (C=O) groups excluding carboxylic acids is 1. The van der Waals surface area contributed by atoms with E-state index in [1.54, 1.807) is 29.7 Å². The van der Waals surface area contributed by atoms with E-state index in [9.17, 15) is 9.59 Å². The summed E-state index contributed by atoms with van der Waals surface area (Å²) in [6.45, 7) is 3.21. The minimum atomic E-state index is -0.336. The van der Waals surface area contributed by atoms with Gasteiger partial charge in [0.2, 0.25) is 0 Å². The van der Waals surface area contributed by atoms with Gasteiger partial charge in [0.1, 0.15) is 0 Å². The van der Waals surface area contributed by atoms with Gasteiger partial charge >= 0.3 is 5.97 Å². The molecule has 0 saturated carbocycles. The van der Waals surface area contributed by atoms with Gasteiger partial charge in [0, 0.05) is 11.6 Å². The average Bonchev–Trinajstić information content (AvgIpc) is 3.09. The van der Waals surface area contributed by atoms with Crippen LogP contribution >= 0.6 is 23.4 Å². The number of carbonyl (C=O) groups is 1. The largest absolute Gasteiger partial charge is 0.465 e. The van der Waals surface area contributed by atoms with Crippen molar-refractivity contribution in [2.75, 3.05) is 19.0 Å². The van der Waals surface area contributed by atoms with Gasteiger partial charge in [-0.1, -0.05) is 23.4 Å². The van der Waals surface area contributed by atoms with Crippen LogP contribution in [-0.4, -0.2) is 40.6 Å². The van der Waals surface area contributed by atoms with E-state index in [4.69, 9.17) is 21.1 Å². The van der Waals surface area contributed by atoms with Crippen molar-refractivity contribution < 1.29 is 14.3 Å². The number of fused-ring (bicyclic) bond motifs is 1. The molecule has 1 aromatic carbocycles. The normalized spacial score (nSPS) is 17.1. The summed E-state index contributed by atoms with van der Waals surface area (Å²) in [7, 11) is 0. The molecule has 0 bridgehead atoms. The average molecular weight is 383 g/mol. The van der Waals surface area contributed by atoms with Crippen molar-refractivity contribution in [2.45, 2.75) is 37.6 Å². The van der Waals surface area contributed by atoms with E-state index >= 15 is 0 Å². The summed E-state index contributed by atoms with van der Waals surface area (Å²) in [5.41, 5.74) is 0.371. The summed E-state index contributed by atoms with van der Waals surface area (Å²) in [5.74, 6) is -0.241. The first-order valence-corrected chi connectivity index (χ1v) is 9.55. The van der Waals surface area contributed by atoms with Crippen LogP contribution in [0.25, 0.3) is 10.9 Å². The minimum Gasteiger partial charge on any atom is -0.465 e. The van der Waals surface area contributed by atoms with Crippen molar-refractivity contribution in [3.63, 3.8) is 0 Å². The third kappa shape index (κ3) is 4.34. The van der Waals surface area contributed by atoms with Crippen molar-refractivity contribution >= 4 is 40.2 Å². The van der Waals surface area contributed by atoms with Crippen LogP contribution < -0.4 is 5.56 Å². The molecule has 1 atom stereocenters. The molecular formula is C17H19ClN2O4S. The third-order valence-electron chi connectivity index (χ3n) is 3.92. The molecule has 0 N–H and O–H groups in total. The predicted octanol–water partition coefficient (Wildman–Crippen LogP) is 2.88. The van der Waals surface area contributed by atoms with Crippen LogP contribution in [0.1, 0.15) is 19.8 Å². The van der Waals surface area contributed by atoms with Gasteiger partial charge in [-0.05, 0) is 38.0 Å². The number of thioether (sulfide) groups is 1. The molecule has 1 saturated heterocycles. The van der Waals surface area contributed by atoms with E-state index in [1.165, 1.54) is 11.8 Å². The van der Waals surface area contributed by atoms with E-state index in [-0.39, 0.29) is 23.4 Å². The lowest BCUT2D eigenvalue weighted by Crippen LogP contribution is -2.29. The Labute approximate surface area is 154 Å². The molecule has 0 unspecified atom stereocenters. The first-order chi connectivity index (χ1) is 12.1. The molecule has 3 rings (SSSR count). The zero-order valence-electron chi connectivity index (χ0n) is 13.9. The second kappa shape index (κ2) is 8.21. The standard InChI is InChI=1S/C17H19ClN2O4S/c1-2-23-15(21)10-25-17-19-14-8-11(18)5-6-13(14)16(22)20(17)9-12-4-3-7-24-12/h5-6,8,12H,2-4,7,9-10H2,1H3/t12-/m0/s1. The Morgan fingerprint density at radius 3 is 3.08 bits per heavy atom. The van der Waals surface area contributed by atoms with Crippen molar-refractivity contribution in [1.82, 2.24) is 9.55 Å². The van der Waals surface area contributed by atoms with Crippen LogP contribution in [0.5, 0.6) is 0 Å². The Bertz CT molecular complexity index is 833. The monoisotopic (exact) mass is 382 g/mol. The Hall–Kier alpha value is -1.57. The van der Waals surface area contributed by atoms with Crippen molar-refractivity contribution in [3.8, 4) is 0 Å². The summed E-state index contributed by atoms with van der Waals surface area (Å²) in [4.78, 5) is 29.1. The molecule has 0 radical (unpaired) electrons. The number of halogens is 1. The molecule has 0 aliphatic carbocycles. The van der Waals surface area contributed by atoms with Crippen LogP contribution in [0.2, 0.25) is 5.02 Å². The van der Waals surface area contributed by atoms with Crippen LogP contribution in [-0.2, 0) is 20.8 Å². The highest BCUT2D eigenvalue weighted by atomic mass is 35.5. The first-order valence-electron chi connectivity index (χ1n) is 8.18. The Kier molecular flexibility index (Phi) is 5.98. The number of rotatable bonds is 6. The van der Waals surface area contributed by atoms with Gasteiger partial charge in [-0.25, -0.2) is 4.98 Å². The quantitative estimate of drug-likeness (QED) is 0.434. The van der Waals surface area contributed by atoms with E-state index < -0.39 is 0 Å². The lowest BCUT2D eigenvalue weighted by Gasteiger charge is -2.16. The molecule has 134 valence electrons. The first kappa shape index (κ1) is 18.2. The Morgan fingerprint density at radius 2 is 2.36 bits per heavy atom. The highest BCUT2D eigenvalue weighted by Gasteiger charge is 2.21. The molecule has 8 heteroatoms. The van der Waals surface area contributed by atoms with E-state index in [1.807, 2.05) is 0 Å². The van der Waals surface area contributed by atoms with E-state index in [2.05, 4.69) is 4.98 Å². The number of ether oxygens (including phenoxy) is 2. The fraction of sp³-hybridized carbons (Fsp3) is 0.471. The molecule has 1 aromatic heterocycles. The topological polar surface area (TPSA) is 70.4 Å². The molecule has 0 spiro atoms. The molecular weight excluding hydrogens is 364 g/mol. The molecule has 2 heterocycles. The van der Waals surface area contributed by atoms with Gasteiger partial charge < -0.3 is 9.47 Å². The number of hydrogen-bond acceptors (Lipinski definition) is 6. The summed E-state index contributed by atoms with van der Waals surface area (Å²) < 4.78 is 12.2. The molecule has 1 aliphatic rings. The SMILES string of the molecule is CCOC(=O)CSc1nc2cc(Cl)ccc2c(=O)n1C[C@@H]1CCCO1. The maximum atomic E-state index is 12.9. The molecule has 0 amide bonds. The third-order valence-corrected chi connectivity index (χ3v) is 5.10. The van der Waals surface area contributed by atoms with E-state index in [0.717, 1.165) is 12.8 Å². The van der Waals surface area contributed by atoms with Gasteiger partial charge in [0.15, 0.2) is 5.16 Å². The maximum absolute atomic E-state index is 12.9. The van der Waals surface area contributed by atoms with E-state index in [0.29, 0.717) is 40.8 Å². The zero-order chi connectivity index (χ0) is 17.8. The van der Waals surface area contributed by atoms with Gasteiger partial charge in [0.05, 0.1) is 35.9 Å². The minimum absolute atomic E-state index is 0.00815. The molecule has 6 nitrogen and oxygen atoms in total. The molecule has 1 fully saturated rings. The van der Waals surface area contributed by atoms with Crippen LogP contribution in [0.3, 0.4) is 0 Å². The molecule has 25 heavy (non-hydrogen) atoms. The molecule has 1 aliphatic heterocycles. The highest BCUT2D eigenvalue weighted by Crippen LogP contribution is 2.22. The smallest absolute Gasteiger partial charge is 0.316 e. The predicted molar refractivity (Wildman–Crippen MR) is 97.3 cm³/mol. The van der Waals surface area contributed by atoms with Crippen LogP contribution in [0.15, 0.2) is 28.2 Å². The van der Waals surface area contributed by atoms with Crippen LogP contribution in [0, 0.1) is 0 Å². The van der Waals surface area contributed by atoms with Crippen LogP contribution in [0.4, 0.5) is 0 Å². The van der Waals surface area contributed by atoms with Crippen molar-refractivity contribution in [3.05, 3.63) is 33.6 Å². The second-order valence-corrected chi connectivity index (χ2v) is 7.08. The Morgan fingerprint density at radius 1 is 1.52 bits per heavy atom. The van der Waals surface area contributed by atoms with Crippen molar-refractivity contribution in [2.24, 2.45) is 0 Å². The number of aromatic nitrogens is 2. The van der Waals surface area contributed by atoms with Crippen molar-refractivity contribution in [1.29, 1.82) is 0 Å². The summed E-state index contributed by atoms with van der Waals surface area (Å²) in [5, 5.41) is 1.49. The van der Waals surface area contributed by atoms with Gasteiger partial charge in [-0.2, -0.15) is 0 Å². The van der Waals surface area contributed by atoms with Gasteiger partial charge in [0.25, 0.3) is 5.56 Å². The Balaban J connectivity index is 1.97. The fourth-order valence-corrected chi connectivity index (χ4v) is 3.74. The fourth-order valence-electron chi connectivity index (χ4n) is 2.76. The number of nitrogens with zero attached hydrogens (tertiary/aromatic N) is 2. The number of hydrogen-bond donors (Lipinski definition) is 0. The second-order valence-electron chi connectivity index (χ2n) is 5.70. The summed E-state index contributed by atoms with van der Waals surface area (Å²) >= 11 is 7.21. The lowest BCUT2D eigenvalue weighted by atomic mass is 10.2. The number of esters is 1. The number of benzene rings is 1. The van der Waals surface area contributed by atoms with Gasteiger partial charge in [-0.3, -0.25) is 14.2 Å². The lowest BCUT2D eigenvalue weighted by molar-refractivity contribution is -0.139. The highest BCUT2D eigenvalue weighted by molar-refractivity contribution is 7.99. The summed E-state index contributed by atoms with van der Waals surface area (Å²) in [6, 6.07) is 5.01. The zero-order valence-corrected chi connectivity index (χ0v) is 15.4. The maximum Gasteiger partial charge on any atom is 0.316 e. The van der Waals surface area contributed by atoms with Gasteiger partial charge in [-0.15, -0.1) is 0 Å². The molecule has 2 aromatic rings.